The average molecular weight is 259 g/mol. The zero-order valence-corrected chi connectivity index (χ0v) is 11.0. The molecule has 1 aromatic heterocycles. The SMILES string of the molecule is COc1cc(C(C)O)ccc1OCc1cccnc1. The number of pyridine rings is 1. The van der Waals surface area contributed by atoms with Crippen molar-refractivity contribution in [1.82, 2.24) is 4.98 Å². The number of benzene rings is 1. The molecule has 4 nitrogen and oxygen atoms in total. The molecule has 1 aromatic carbocycles. The Bertz CT molecular complexity index is 526. The summed E-state index contributed by atoms with van der Waals surface area (Å²) in [6.45, 7) is 2.14. The van der Waals surface area contributed by atoms with Crippen molar-refractivity contribution >= 4 is 0 Å². The highest BCUT2D eigenvalue weighted by Gasteiger charge is 2.08. The molecule has 1 N–H and O–H groups in total. The van der Waals surface area contributed by atoms with Crippen LogP contribution in [0.2, 0.25) is 0 Å². The summed E-state index contributed by atoms with van der Waals surface area (Å²) in [5, 5.41) is 9.54. The van der Waals surface area contributed by atoms with Crippen molar-refractivity contribution in [3.63, 3.8) is 0 Å². The largest absolute Gasteiger partial charge is 0.493 e. The fourth-order valence-corrected chi connectivity index (χ4v) is 1.71. The van der Waals surface area contributed by atoms with E-state index in [0.29, 0.717) is 18.1 Å². The lowest BCUT2D eigenvalue weighted by atomic mass is 10.1. The van der Waals surface area contributed by atoms with E-state index in [4.69, 9.17) is 9.47 Å². The summed E-state index contributed by atoms with van der Waals surface area (Å²) in [6, 6.07) is 9.22. The van der Waals surface area contributed by atoms with Crippen LogP contribution in [-0.4, -0.2) is 17.2 Å². The number of aromatic nitrogens is 1. The zero-order valence-electron chi connectivity index (χ0n) is 11.0. The molecule has 0 bridgehead atoms. The number of nitrogens with zero attached hydrogens (tertiary/aromatic N) is 1. The fourth-order valence-electron chi connectivity index (χ4n) is 1.71. The predicted molar refractivity (Wildman–Crippen MR) is 72.2 cm³/mol. The normalized spacial score (nSPS) is 11.9. The highest BCUT2D eigenvalue weighted by atomic mass is 16.5. The van der Waals surface area contributed by atoms with E-state index in [0.717, 1.165) is 11.1 Å². The third-order valence-electron chi connectivity index (χ3n) is 2.79. The first kappa shape index (κ1) is 13.4. The van der Waals surface area contributed by atoms with E-state index in [1.165, 1.54) is 0 Å². The zero-order chi connectivity index (χ0) is 13.7. The minimum Gasteiger partial charge on any atom is -0.493 e. The second-order valence-corrected chi connectivity index (χ2v) is 4.24. The number of hydrogen-bond donors (Lipinski definition) is 1. The van der Waals surface area contributed by atoms with Gasteiger partial charge in [0.05, 0.1) is 13.2 Å². The van der Waals surface area contributed by atoms with Gasteiger partial charge in [-0.2, -0.15) is 0 Å². The highest BCUT2D eigenvalue weighted by molar-refractivity contribution is 5.43. The molecule has 2 aromatic rings. The summed E-state index contributed by atoms with van der Waals surface area (Å²) in [7, 11) is 1.58. The van der Waals surface area contributed by atoms with Crippen molar-refractivity contribution in [1.29, 1.82) is 0 Å². The monoisotopic (exact) mass is 259 g/mol. The summed E-state index contributed by atoms with van der Waals surface area (Å²) in [5.41, 5.74) is 1.79. The number of methoxy groups -OCH3 is 1. The number of aliphatic hydroxyl groups excluding tert-OH is 1. The second-order valence-electron chi connectivity index (χ2n) is 4.24. The van der Waals surface area contributed by atoms with Gasteiger partial charge in [0.25, 0.3) is 0 Å². The van der Waals surface area contributed by atoms with Crippen LogP contribution < -0.4 is 9.47 Å². The van der Waals surface area contributed by atoms with Crippen LogP contribution in [0, 0.1) is 0 Å². The molecule has 4 heteroatoms. The Balaban J connectivity index is 2.12. The highest BCUT2D eigenvalue weighted by Crippen LogP contribution is 2.30. The van der Waals surface area contributed by atoms with Gasteiger partial charge in [0.2, 0.25) is 0 Å². The van der Waals surface area contributed by atoms with Gasteiger partial charge in [-0.3, -0.25) is 4.98 Å². The number of aliphatic hydroxyl groups is 1. The third kappa shape index (κ3) is 3.45. The number of hydrogen-bond acceptors (Lipinski definition) is 4. The second kappa shape index (κ2) is 6.20. The molecule has 0 amide bonds. The lowest BCUT2D eigenvalue weighted by molar-refractivity contribution is 0.198. The topological polar surface area (TPSA) is 51.6 Å². The predicted octanol–water partition coefficient (Wildman–Crippen LogP) is 2.72. The van der Waals surface area contributed by atoms with Gasteiger partial charge in [0, 0.05) is 18.0 Å². The maximum absolute atomic E-state index is 9.54. The molecule has 0 fully saturated rings. The van der Waals surface area contributed by atoms with Crippen LogP contribution in [0.5, 0.6) is 11.5 Å². The Kier molecular flexibility index (Phi) is 4.36. The fraction of sp³-hybridized carbons (Fsp3) is 0.267. The van der Waals surface area contributed by atoms with Crippen molar-refractivity contribution in [3.05, 3.63) is 53.9 Å². The minimum absolute atomic E-state index is 0.429. The van der Waals surface area contributed by atoms with Crippen molar-refractivity contribution in [2.75, 3.05) is 7.11 Å². The van der Waals surface area contributed by atoms with Crippen molar-refractivity contribution in [2.24, 2.45) is 0 Å². The Labute approximate surface area is 112 Å². The van der Waals surface area contributed by atoms with Crippen LogP contribution in [0.15, 0.2) is 42.7 Å². The van der Waals surface area contributed by atoms with Gasteiger partial charge in [0.15, 0.2) is 11.5 Å². The lowest BCUT2D eigenvalue weighted by Crippen LogP contribution is -1.99. The summed E-state index contributed by atoms with van der Waals surface area (Å²) >= 11 is 0. The molecule has 0 aliphatic rings. The van der Waals surface area contributed by atoms with Gasteiger partial charge in [-0.1, -0.05) is 12.1 Å². The van der Waals surface area contributed by atoms with E-state index < -0.39 is 6.10 Å². The van der Waals surface area contributed by atoms with E-state index in [-0.39, 0.29) is 0 Å². The maximum atomic E-state index is 9.54. The first-order chi connectivity index (χ1) is 9.20. The van der Waals surface area contributed by atoms with Crippen molar-refractivity contribution in [2.45, 2.75) is 19.6 Å². The first-order valence-corrected chi connectivity index (χ1v) is 6.08. The lowest BCUT2D eigenvalue weighted by Gasteiger charge is -2.13. The van der Waals surface area contributed by atoms with E-state index in [2.05, 4.69) is 4.98 Å². The Hall–Kier alpha value is -2.07. The average Bonchev–Trinajstić information content (AvgIpc) is 2.45. The molecule has 0 aliphatic carbocycles. The van der Waals surface area contributed by atoms with Gasteiger partial charge in [-0.25, -0.2) is 0 Å². The summed E-state index contributed by atoms with van der Waals surface area (Å²) < 4.78 is 11.0. The van der Waals surface area contributed by atoms with Crippen molar-refractivity contribution in [3.8, 4) is 11.5 Å². The third-order valence-corrected chi connectivity index (χ3v) is 2.79. The molecule has 1 unspecified atom stereocenters. The standard InChI is InChI=1S/C15H17NO3/c1-11(17)13-5-6-14(15(8-13)18-2)19-10-12-4-3-7-16-9-12/h3-9,11,17H,10H2,1-2H3. The van der Waals surface area contributed by atoms with Crippen LogP contribution in [0.4, 0.5) is 0 Å². The molecular formula is C15H17NO3. The number of ether oxygens (including phenoxy) is 2. The summed E-state index contributed by atoms with van der Waals surface area (Å²) in [6.07, 6.45) is 2.96. The Morgan fingerprint density at radius 1 is 1.26 bits per heavy atom. The van der Waals surface area contributed by atoms with Gasteiger partial charge < -0.3 is 14.6 Å². The van der Waals surface area contributed by atoms with Crippen molar-refractivity contribution < 1.29 is 14.6 Å². The molecule has 1 atom stereocenters. The van der Waals surface area contributed by atoms with E-state index in [1.54, 1.807) is 38.6 Å². The molecule has 0 aliphatic heterocycles. The van der Waals surface area contributed by atoms with Crippen LogP contribution in [-0.2, 0) is 6.61 Å². The minimum atomic E-state index is -0.527. The van der Waals surface area contributed by atoms with Gasteiger partial charge in [0.1, 0.15) is 6.61 Å². The molecule has 0 saturated heterocycles. The van der Waals surface area contributed by atoms with Crippen LogP contribution in [0.1, 0.15) is 24.2 Å². The van der Waals surface area contributed by atoms with E-state index >= 15 is 0 Å². The number of rotatable bonds is 5. The van der Waals surface area contributed by atoms with Gasteiger partial charge in [-0.15, -0.1) is 0 Å². The Morgan fingerprint density at radius 3 is 2.74 bits per heavy atom. The van der Waals surface area contributed by atoms with Crippen LogP contribution >= 0.6 is 0 Å². The smallest absolute Gasteiger partial charge is 0.161 e. The summed E-state index contributed by atoms with van der Waals surface area (Å²) in [5.74, 6) is 1.26. The molecule has 0 spiro atoms. The molecule has 100 valence electrons. The van der Waals surface area contributed by atoms with E-state index in [1.807, 2.05) is 18.2 Å². The molecule has 2 rings (SSSR count). The van der Waals surface area contributed by atoms with Crippen LogP contribution in [0.25, 0.3) is 0 Å². The molecule has 0 radical (unpaired) electrons. The van der Waals surface area contributed by atoms with Crippen LogP contribution in [0.3, 0.4) is 0 Å². The molecule has 19 heavy (non-hydrogen) atoms. The van der Waals surface area contributed by atoms with Gasteiger partial charge in [-0.05, 0) is 30.7 Å². The van der Waals surface area contributed by atoms with Gasteiger partial charge >= 0.3 is 0 Å². The molecular weight excluding hydrogens is 242 g/mol. The molecule has 1 heterocycles. The molecule has 0 saturated carbocycles. The maximum Gasteiger partial charge on any atom is 0.161 e. The first-order valence-electron chi connectivity index (χ1n) is 6.08. The quantitative estimate of drug-likeness (QED) is 0.897. The Morgan fingerprint density at radius 2 is 2.11 bits per heavy atom. The van der Waals surface area contributed by atoms with E-state index in [9.17, 15) is 5.11 Å². The summed E-state index contributed by atoms with van der Waals surface area (Å²) in [4.78, 5) is 4.03.